The molecule has 1 aliphatic heterocycles. The molecule has 0 aromatic carbocycles. The number of aliphatic hydroxyl groups excluding tert-OH is 1. The van der Waals surface area contributed by atoms with Gasteiger partial charge < -0.3 is 19.7 Å². The Labute approximate surface area is 111 Å². The fourth-order valence-corrected chi connectivity index (χ4v) is 1.97. The first kappa shape index (κ1) is 13.6. The van der Waals surface area contributed by atoms with Crippen LogP contribution in [0.2, 0.25) is 0 Å². The molecule has 2 N–H and O–H groups in total. The summed E-state index contributed by atoms with van der Waals surface area (Å²) in [7, 11) is 0. The molecule has 1 fully saturated rings. The highest BCUT2D eigenvalue weighted by Gasteiger charge is 2.35. The van der Waals surface area contributed by atoms with E-state index in [9.17, 15) is 14.7 Å². The molecule has 2 rings (SSSR count). The summed E-state index contributed by atoms with van der Waals surface area (Å²) >= 11 is 0. The summed E-state index contributed by atoms with van der Waals surface area (Å²) in [6, 6.07) is 2.56. The van der Waals surface area contributed by atoms with Crippen LogP contribution in [0, 0.1) is 5.92 Å². The van der Waals surface area contributed by atoms with Crippen LogP contribution in [0.25, 0.3) is 0 Å². The van der Waals surface area contributed by atoms with E-state index in [-0.39, 0.29) is 17.6 Å². The highest BCUT2D eigenvalue weighted by Crippen LogP contribution is 2.14. The van der Waals surface area contributed by atoms with Crippen molar-refractivity contribution in [1.29, 1.82) is 0 Å². The highest BCUT2D eigenvalue weighted by molar-refractivity contribution is 5.95. The van der Waals surface area contributed by atoms with Crippen molar-refractivity contribution < 1.29 is 19.1 Å². The Balaban J connectivity index is 2.00. The number of carbonyl (C=O) groups is 2. The molecule has 1 atom stereocenters. The second kappa shape index (κ2) is 5.44. The van der Waals surface area contributed by atoms with E-state index in [2.05, 4.69) is 5.32 Å². The maximum atomic E-state index is 12.2. The number of β-amino-alcohol motifs (C(OH)–C–C–N with tert-alkyl or cyclic N) is 1. The second-order valence-corrected chi connectivity index (χ2v) is 5.07. The molecule has 0 aliphatic carbocycles. The Morgan fingerprint density at radius 2 is 2.16 bits per heavy atom. The van der Waals surface area contributed by atoms with Crippen LogP contribution >= 0.6 is 0 Å². The molecule has 0 radical (unpaired) electrons. The third-order valence-corrected chi connectivity index (χ3v) is 3.14. The van der Waals surface area contributed by atoms with E-state index in [1.807, 2.05) is 13.8 Å². The number of likely N-dealkylation sites (tertiary alicyclic amines) is 1. The SMILES string of the molecule is CC(C)C(NC(=O)c1ccco1)C(=O)N1CC(O)C1. The van der Waals surface area contributed by atoms with Gasteiger partial charge in [0.15, 0.2) is 5.76 Å². The van der Waals surface area contributed by atoms with Gasteiger partial charge in [-0.3, -0.25) is 9.59 Å². The predicted octanol–water partition coefficient (Wildman–Crippen LogP) is 0.237. The van der Waals surface area contributed by atoms with Crippen LogP contribution in [0.15, 0.2) is 22.8 Å². The first-order chi connectivity index (χ1) is 8.99. The Kier molecular flexibility index (Phi) is 3.90. The lowest BCUT2D eigenvalue weighted by Crippen LogP contribution is -2.60. The van der Waals surface area contributed by atoms with Crippen LogP contribution in [0.4, 0.5) is 0 Å². The van der Waals surface area contributed by atoms with Crippen LogP contribution in [0.1, 0.15) is 24.4 Å². The van der Waals surface area contributed by atoms with E-state index >= 15 is 0 Å². The molecule has 19 heavy (non-hydrogen) atoms. The van der Waals surface area contributed by atoms with Crippen molar-refractivity contribution in [3.8, 4) is 0 Å². The van der Waals surface area contributed by atoms with Crippen LogP contribution in [-0.4, -0.2) is 47.1 Å². The Morgan fingerprint density at radius 1 is 1.47 bits per heavy atom. The lowest BCUT2D eigenvalue weighted by atomic mass is 10.00. The number of nitrogens with zero attached hydrogens (tertiary/aromatic N) is 1. The number of aliphatic hydroxyl groups is 1. The van der Waals surface area contributed by atoms with E-state index in [1.165, 1.54) is 11.2 Å². The number of amides is 2. The molecule has 1 aromatic heterocycles. The average molecular weight is 266 g/mol. The fraction of sp³-hybridized carbons (Fsp3) is 0.538. The minimum atomic E-state index is -0.606. The predicted molar refractivity (Wildman–Crippen MR) is 67.4 cm³/mol. The van der Waals surface area contributed by atoms with E-state index in [0.29, 0.717) is 13.1 Å². The monoisotopic (exact) mass is 266 g/mol. The number of hydrogen-bond donors (Lipinski definition) is 2. The summed E-state index contributed by atoms with van der Waals surface area (Å²) < 4.78 is 5.00. The molecule has 2 heterocycles. The number of hydrogen-bond acceptors (Lipinski definition) is 4. The molecule has 0 saturated carbocycles. The fourth-order valence-electron chi connectivity index (χ4n) is 1.97. The third kappa shape index (κ3) is 2.96. The van der Waals surface area contributed by atoms with Gasteiger partial charge in [0.2, 0.25) is 5.91 Å². The molecule has 6 nitrogen and oxygen atoms in total. The Morgan fingerprint density at radius 3 is 2.63 bits per heavy atom. The number of carbonyl (C=O) groups excluding carboxylic acids is 2. The summed E-state index contributed by atoms with van der Waals surface area (Å²) in [5.41, 5.74) is 0. The van der Waals surface area contributed by atoms with Gasteiger partial charge in [0.1, 0.15) is 6.04 Å². The third-order valence-electron chi connectivity index (χ3n) is 3.14. The topological polar surface area (TPSA) is 82.8 Å². The Bertz CT molecular complexity index is 449. The molecule has 1 unspecified atom stereocenters. The first-order valence-corrected chi connectivity index (χ1v) is 6.30. The van der Waals surface area contributed by atoms with Gasteiger partial charge in [-0.1, -0.05) is 13.8 Å². The van der Waals surface area contributed by atoms with Gasteiger partial charge in [0, 0.05) is 13.1 Å². The van der Waals surface area contributed by atoms with Crippen LogP contribution < -0.4 is 5.32 Å². The lowest BCUT2D eigenvalue weighted by Gasteiger charge is -2.39. The largest absolute Gasteiger partial charge is 0.459 e. The molecular formula is C13H18N2O4. The minimum Gasteiger partial charge on any atom is -0.459 e. The molecule has 1 aliphatic rings. The second-order valence-electron chi connectivity index (χ2n) is 5.07. The molecule has 6 heteroatoms. The lowest BCUT2D eigenvalue weighted by molar-refractivity contribution is -0.144. The van der Waals surface area contributed by atoms with Gasteiger partial charge in [0.05, 0.1) is 12.4 Å². The first-order valence-electron chi connectivity index (χ1n) is 6.30. The Hall–Kier alpha value is -1.82. The van der Waals surface area contributed by atoms with Crippen molar-refractivity contribution in [3.63, 3.8) is 0 Å². The maximum Gasteiger partial charge on any atom is 0.287 e. The van der Waals surface area contributed by atoms with E-state index in [1.54, 1.807) is 12.1 Å². The van der Waals surface area contributed by atoms with Gasteiger partial charge >= 0.3 is 0 Å². The molecule has 1 aromatic rings. The van der Waals surface area contributed by atoms with Crippen LogP contribution in [0.3, 0.4) is 0 Å². The molecular weight excluding hydrogens is 248 g/mol. The summed E-state index contributed by atoms with van der Waals surface area (Å²) in [6.45, 7) is 4.39. The quantitative estimate of drug-likeness (QED) is 0.817. The van der Waals surface area contributed by atoms with E-state index < -0.39 is 18.1 Å². The highest BCUT2D eigenvalue weighted by atomic mass is 16.3. The van der Waals surface area contributed by atoms with E-state index in [0.717, 1.165) is 0 Å². The van der Waals surface area contributed by atoms with Gasteiger partial charge in [-0.25, -0.2) is 0 Å². The van der Waals surface area contributed by atoms with Gasteiger partial charge in [0.25, 0.3) is 5.91 Å². The molecule has 2 amide bonds. The standard InChI is InChI=1S/C13H18N2O4/c1-8(2)11(13(18)15-6-9(16)7-15)14-12(17)10-4-3-5-19-10/h3-5,8-9,11,16H,6-7H2,1-2H3,(H,14,17). The molecule has 0 spiro atoms. The normalized spacial score (nSPS) is 17.2. The van der Waals surface area contributed by atoms with Gasteiger partial charge in [-0.15, -0.1) is 0 Å². The van der Waals surface area contributed by atoms with Crippen molar-refractivity contribution in [2.24, 2.45) is 5.92 Å². The molecule has 104 valence electrons. The zero-order valence-electron chi connectivity index (χ0n) is 11.0. The van der Waals surface area contributed by atoms with Crippen molar-refractivity contribution >= 4 is 11.8 Å². The van der Waals surface area contributed by atoms with Crippen molar-refractivity contribution in [3.05, 3.63) is 24.2 Å². The average Bonchev–Trinajstić information content (AvgIpc) is 2.84. The minimum absolute atomic E-state index is 0.0378. The van der Waals surface area contributed by atoms with Gasteiger partial charge in [-0.05, 0) is 18.1 Å². The smallest absolute Gasteiger partial charge is 0.287 e. The zero-order chi connectivity index (χ0) is 14.0. The molecule has 1 saturated heterocycles. The summed E-state index contributed by atoms with van der Waals surface area (Å²) in [5, 5.41) is 11.9. The van der Waals surface area contributed by atoms with Crippen molar-refractivity contribution in [2.75, 3.05) is 13.1 Å². The number of nitrogens with one attached hydrogen (secondary N) is 1. The number of rotatable bonds is 4. The van der Waals surface area contributed by atoms with E-state index in [4.69, 9.17) is 4.42 Å². The van der Waals surface area contributed by atoms with Crippen molar-refractivity contribution in [2.45, 2.75) is 26.0 Å². The molecule has 0 bridgehead atoms. The zero-order valence-corrected chi connectivity index (χ0v) is 11.0. The van der Waals surface area contributed by atoms with Crippen molar-refractivity contribution in [1.82, 2.24) is 10.2 Å². The number of furan rings is 1. The summed E-state index contributed by atoms with van der Waals surface area (Å²) in [5.74, 6) is -0.426. The summed E-state index contributed by atoms with van der Waals surface area (Å²) in [4.78, 5) is 25.6. The summed E-state index contributed by atoms with van der Waals surface area (Å²) in [6.07, 6.45) is 0.963. The van der Waals surface area contributed by atoms with Gasteiger partial charge in [-0.2, -0.15) is 0 Å². The van der Waals surface area contributed by atoms with Crippen LogP contribution in [0.5, 0.6) is 0 Å². The maximum absolute atomic E-state index is 12.2. The van der Waals surface area contributed by atoms with Crippen LogP contribution in [-0.2, 0) is 4.79 Å².